The smallest absolute Gasteiger partial charge is 0.175 e. The van der Waals surface area contributed by atoms with Crippen molar-refractivity contribution in [2.75, 3.05) is 7.05 Å². The zero-order chi connectivity index (χ0) is 10.8. The van der Waals surface area contributed by atoms with Crippen molar-refractivity contribution < 1.29 is 9.50 Å². The van der Waals surface area contributed by atoms with Crippen LogP contribution in [-0.2, 0) is 5.72 Å². The standard InChI is InChI=1S/C10H13FN2O/c1-3-10(14,13(2)12)8-4-6-9(11)7-5-8/h3-7,14H,1,12H2,2H3. The normalized spacial score (nSPS) is 15.2. The molecule has 1 unspecified atom stereocenters. The highest BCUT2D eigenvalue weighted by Gasteiger charge is 2.28. The number of hydrogen-bond acceptors (Lipinski definition) is 3. The summed E-state index contributed by atoms with van der Waals surface area (Å²) in [5, 5.41) is 11.1. The van der Waals surface area contributed by atoms with Crippen molar-refractivity contribution in [1.29, 1.82) is 0 Å². The molecule has 3 N–H and O–H groups in total. The third kappa shape index (κ3) is 1.82. The SMILES string of the molecule is C=CC(O)(c1ccc(F)cc1)N(C)N. The molecule has 0 aliphatic carbocycles. The molecule has 0 saturated heterocycles. The van der Waals surface area contributed by atoms with E-state index in [0.29, 0.717) is 5.56 Å². The molecule has 1 aromatic carbocycles. The van der Waals surface area contributed by atoms with E-state index in [2.05, 4.69) is 6.58 Å². The van der Waals surface area contributed by atoms with Crippen molar-refractivity contribution in [2.24, 2.45) is 5.84 Å². The Hall–Kier alpha value is -1.23. The van der Waals surface area contributed by atoms with Crippen LogP contribution < -0.4 is 5.84 Å². The van der Waals surface area contributed by atoms with E-state index in [1.54, 1.807) is 0 Å². The first kappa shape index (κ1) is 10.8. The molecule has 0 heterocycles. The van der Waals surface area contributed by atoms with Crippen molar-refractivity contribution in [2.45, 2.75) is 5.72 Å². The Bertz CT molecular complexity index is 323. The first-order valence-electron chi connectivity index (χ1n) is 4.11. The fourth-order valence-electron chi connectivity index (χ4n) is 1.16. The molecule has 14 heavy (non-hydrogen) atoms. The van der Waals surface area contributed by atoms with E-state index in [1.807, 2.05) is 0 Å². The molecule has 4 heteroatoms. The molecule has 0 saturated carbocycles. The van der Waals surface area contributed by atoms with Crippen molar-refractivity contribution in [3.8, 4) is 0 Å². The van der Waals surface area contributed by atoms with Gasteiger partial charge in [-0.25, -0.2) is 9.40 Å². The molecule has 1 aromatic rings. The number of rotatable bonds is 3. The fourth-order valence-corrected chi connectivity index (χ4v) is 1.16. The molecule has 3 nitrogen and oxygen atoms in total. The maximum atomic E-state index is 12.6. The van der Waals surface area contributed by atoms with Gasteiger partial charge in [-0.05, 0) is 18.2 Å². The summed E-state index contributed by atoms with van der Waals surface area (Å²) in [5.41, 5.74) is -0.993. The van der Waals surface area contributed by atoms with Crippen molar-refractivity contribution in [3.05, 3.63) is 48.3 Å². The monoisotopic (exact) mass is 196 g/mol. The van der Waals surface area contributed by atoms with Gasteiger partial charge in [-0.3, -0.25) is 5.84 Å². The van der Waals surface area contributed by atoms with Crippen LogP contribution in [0.4, 0.5) is 4.39 Å². The number of nitrogens with zero attached hydrogens (tertiary/aromatic N) is 1. The minimum absolute atomic E-state index is 0.361. The first-order chi connectivity index (χ1) is 6.50. The topological polar surface area (TPSA) is 49.5 Å². The maximum Gasteiger partial charge on any atom is 0.175 e. The van der Waals surface area contributed by atoms with E-state index in [0.717, 1.165) is 5.01 Å². The largest absolute Gasteiger partial charge is 0.367 e. The number of benzene rings is 1. The van der Waals surface area contributed by atoms with Gasteiger partial charge in [0.1, 0.15) is 5.82 Å². The van der Waals surface area contributed by atoms with Crippen LogP contribution in [0.5, 0.6) is 0 Å². The molecule has 0 radical (unpaired) electrons. The lowest BCUT2D eigenvalue weighted by Gasteiger charge is -2.31. The molecule has 76 valence electrons. The molecule has 1 rings (SSSR count). The summed E-state index contributed by atoms with van der Waals surface area (Å²) in [4.78, 5) is 0. The van der Waals surface area contributed by atoms with Gasteiger partial charge in [-0.1, -0.05) is 18.7 Å². The third-order valence-electron chi connectivity index (χ3n) is 2.09. The summed E-state index contributed by atoms with van der Waals surface area (Å²) in [6.07, 6.45) is 1.29. The number of nitrogens with two attached hydrogens (primary N) is 1. The highest BCUT2D eigenvalue weighted by molar-refractivity contribution is 5.26. The van der Waals surface area contributed by atoms with Crippen molar-refractivity contribution in [3.63, 3.8) is 0 Å². The Morgan fingerprint density at radius 1 is 1.50 bits per heavy atom. The molecule has 0 bridgehead atoms. The van der Waals surface area contributed by atoms with E-state index in [-0.39, 0.29) is 5.82 Å². The van der Waals surface area contributed by atoms with Gasteiger partial charge < -0.3 is 5.11 Å². The summed E-state index contributed by atoms with van der Waals surface area (Å²) in [7, 11) is 1.50. The zero-order valence-corrected chi connectivity index (χ0v) is 7.94. The van der Waals surface area contributed by atoms with Crippen molar-refractivity contribution in [1.82, 2.24) is 5.01 Å². The first-order valence-corrected chi connectivity index (χ1v) is 4.11. The number of aliphatic hydroxyl groups is 1. The van der Waals surface area contributed by atoms with Crippen LogP contribution in [0, 0.1) is 5.82 Å². The maximum absolute atomic E-state index is 12.6. The zero-order valence-electron chi connectivity index (χ0n) is 7.94. The number of likely N-dealkylation sites (N-methyl/N-ethyl adjacent to an activating group) is 1. The number of halogens is 1. The summed E-state index contributed by atoms with van der Waals surface area (Å²) in [6.45, 7) is 3.49. The van der Waals surface area contributed by atoms with Gasteiger partial charge in [-0.15, -0.1) is 0 Å². The van der Waals surface area contributed by atoms with Crippen LogP contribution in [0.1, 0.15) is 5.56 Å². The highest BCUT2D eigenvalue weighted by Crippen LogP contribution is 2.23. The van der Waals surface area contributed by atoms with Gasteiger partial charge in [0.25, 0.3) is 0 Å². The quantitative estimate of drug-likeness (QED) is 0.328. The molecule has 0 aromatic heterocycles. The lowest BCUT2D eigenvalue weighted by molar-refractivity contribution is -0.0598. The Morgan fingerprint density at radius 2 is 2.00 bits per heavy atom. The van der Waals surface area contributed by atoms with Crippen LogP contribution in [-0.4, -0.2) is 17.2 Å². The van der Waals surface area contributed by atoms with Crippen LogP contribution in [0.2, 0.25) is 0 Å². The van der Waals surface area contributed by atoms with Gasteiger partial charge in [0.05, 0.1) is 0 Å². The fraction of sp³-hybridized carbons (Fsp3) is 0.200. The molecule has 0 spiro atoms. The van der Waals surface area contributed by atoms with Crippen LogP contribution in [0.25, 0.3) is 0 Å². The summed E-state index contributed by atoms with van der Waals surface area (Å²) >= 11 is 0. The van der Waals surface area contributed by atoms with Crippen molar-refractivity contribution >= 4 is 0 Å². The second kappa shape index (κ2) is 3.88. The minimum atomic E-state index is -1.46. The van der Waals surface area contributed by atoms with Crippen LogP contribution in [0.3, 0.4) is 0 Å². The summed E-state index contributed by atoms with van der Waals surface area (Å²) in [5.74, 6) is 5.11. The van der Waals surface area contributed by atoms with E-state index < -0.39 is 5.72 Å². The average Bonchev–Trinajstić information content (AvgIpc) is 2.17. The molecule has 0 fully saturated rings. The Kier molecular flexibility index (Phi) is 3.00. The predicted molar refractivity (Wildman–Crippen MR) is 52.4 cm³/mol. The molecule has 0 aliphatic rings. The van der Waals surface area contributed by atoms with E-state index in [9.17, 15) is 9.50 Å². The Balaban J connectivity index is 3.13. The molecular formula is C10H13FN2O. The summed E-state index contributed by atoms with van der Waals surface area (Å²) < 4.78 is 12.6. The second-order valence-corrected chi connectivity index (χ2v) is 3.05. The number of hydrazine groups is 1. The van der Waals surface area contributed by atoms with E-state index in [1.165, 1.54) is 37.4 Å². The number of hydrogen-bond donors (Lipinski definition) is 2. The van der Waals surface area contributed by atoms with Gasteiger partial charge in [-0.2, -0.15) is 0 Å². The highest BCUT2D eigenvalue weighted by atomic mass is 19.1. The van der Waals surface area contributed by atoms with Crippen LogP contribution in [0.15, 0.2) is 36.9 Å². The minimum Gasteiger partial charge on any atom is -0.367 e. The molecule has 0 aliphatic heterocycles. The average molecular weight is 196 g/mol. The van der Waals surface area contributed by atoms with Gasteiger partial charge >= 0.3 is 0 Å². The van der Waals surface area contributed by atoms with Gasteiger partial charge in [0.15, 0.2) is 5.72 Å². The third-order valence-corrected chi connectivity index (χ3v) is 2.09. The van der Waals surface area contributed by atoms with Gasteiger partial charge in [0, 0.05) is 12.6 Å². The van der Waals surface area contributed by atoms with E-state index in [4.69, 9.17) is 5.84 Å². The molecular weight excluding hydrogens is 183 g/mol. The lowest BCUT2D eigenvalue weighted by Crippen LogP contribution is -2.46. The predicted octanol–water partition coefficient (Wildman–Crippen LogP) is 0.962. The van der Waals surface area contributed by atoms with E-state index >= 15 is 0 Å². The van der Waals surface area contributed by atoms with Crippen LogP contribution >= 0.6 is 0 Å². The molecule has 1 atom stereocenters. The second-order valence-electron chi connectivity index (χ2n) is 3.05. The summed E-state index contributed by atoms with van der Waals surface area (Å²) in [6, 6.07) is 5.43. The Morgan fingerprint density at radius 3 is 2.36 bits per heavy atom. The van der Waals surface area contributed by atoms with Gasteiger partial charge in [0.2, 0.25) is 0 Å². The lowest BCUT2D eigenvalue weighted by atomic mass is 10.0. The Labute approximate surface area is 82.2 Å². The molecule has 0 amide bonds.